The first-order chi connectivity index (χ1) is 8.47. The summed E-state index contributed by atoms with van der Waals surface area (Å²) in [6.07, 6.45) is 4.10. The van der Waals surface area contributed by atoms with E-state index >= 15 is 0 Å². The summed E-state index contributed by atoms with van der Waals surface area (Å²) in [4.78, 5) is 26.0. The molecule has 0 aromatic carbocycles. The Morgan fingerprint density at radius 3 is 2.50 bits per heavy atom. The van der Waals surface area contributed by atoms with Gasteiger partial charge in [0.1, 0.15) is 6.04 Å². The molecule has 1 unspecified atom stereocenters. The Morgan fingerprint density at radius 2 is 2.00 bits per heavy atom. The van der Waals surface area contributed by atoms with E-state index in [0.29, 0.717) is 25.3 Å². The van der Waals surface area contributed by atoms with Crippen LogP contribution in [0.3, 0.4) is 0 Å². The van der Waals surface area contributed by atoms with Crippen molar-refractivity contribution in [1.29, 1.82) is 0 Å². The van der Waals surface area contributed by atoms with Crippen LogP contribution >= 0.6 is 0 Å². The Balaban J connectivity index is 3.66. The average molecular weight is 256 g/mol. The molecule has 0 bridgehead atoms. The highest BCUT2D eigenvalue weighted by atomic mass is 16.4. The average Bonchev–Trinajstić information content (AvgIpc) is 2.25. The molecular formula is C13H24N2O3. The maximum atomic E-state index is 11.3. The van der Waals surface area contributed by atoms with E-state index in [-0.39, 0.29) is 5.91 Å². The molecule has 18 heavy (non-hydrogen) atoms. The van der Waals surface area contributed by atoms with E-state index in [1.165, 1.54) is 6.21 Å². The van der Waals surface area contributed by atoms with Crippen LogP contribution in [0.4, 0.5) is 0 Å². The predicted octanol–water partition coefficient (Wildman–Crippen LogP) is 1.86. The zero-order valence-corrected chi connectivity index (χ0v) is 11.5. The minimum Gasteiger partial charge on any atom is -0.480 e. The standard InChI is InChI=1S/C13H24N2O3/c1-4-14-11(13(17)18)7-5-6-8-15-12(16)9-10(2)3/h4,10-11H,5-9H2,1-3H3,(H,15,16)(H,17,18). The van der Waals surface area contributed by atoms with Gasteiger partial charge in [-0.1, -0.05) is 13.8 Å². The Bertz CT molecular complexity index is 288. The quantitative estimate of drug-likeness (QED) is 0.488. The van der Waals surface area contributed by atoms with Gasteiger partial charge in [-0.15, -0.1) is 0 Å². The number of nitrogens with one attached hydrogen (secondary N) is 1. The lowest BCUT2D eigenvalue weighted by Gasteiger charge is -2.08. The van der Waals surface area contributed by atoms with E-state index in [9.17, 15) is 9.59 Å². The molecule has 104 valence electrons. The number of hydrogen-bond donors (Lipinski definition) is 2. The Morgan fingerprint density at radius 1 is 1.33 bits per heavy atom. The van der Waals surface area contributed by atoms with Gasteiger partial charge in [0.15, 0.2) is 0 Å². The number of carbonyl (C=O) groups excluding carboxylic acids is 1. The maximum Gasteiger partial charge on any atom is 0.328 e. The summed E-state index contributed by atoms with van der Waals surface area (Å²) < 4.78 is 0. The molecular weight excluding hydrogens is 232 g/mol. The van der Waals surface area contributed by atoms with E-state index in [1.807, 2.05) is 13.8 Å². The molecule has 0 spiro atoms. The summed E-state index contributed by atoms with van der Waals surface area (Å²) in [5.74, 6) is -0.469. The molecule has 2 N–H and O–H groups in total. The molecule has 1 amide bonds. The van der Waals surface area contributed by atoms with Crippen LogP contribution in [0.5, 0.6) is 0 Å². The number of unbranched alkanes of at least 4 members (excludes halogenated alkanes) is 1. The summed E-state index contributed by atoms with van der Waals surface area (Å²) in [5, 5.41) is 11.7. The molecule has 0 saturated heterocycles. The molecule has 0 aromatic rings. The number of nitrogens with zero attached hydrogens (tertiary/aromatic N) is 1. The summed E-state index contributed by atoms with van der Waals surface area (Å²) in [6.45, 7) is 6.31. The molecule has 5 nitrogen and oxygen atoms in total. The lowest BCUT2D eigenvalue weighted by molar-refractivity contribution is -0.138. The van der Waals surface area contributed by atoms with Crippen molar-refractivity contribution < 1.29 is 14.7 Å². The first-order valence-corrected chi connectivity index (χ1v) is 6.44. The highest BCUT2D eigenvalue weighted by molar-refractivity contribution is 5.76. The zero-order chi connectivity index (χ0) is 14.0. The van der Waals surface area contributed by atoms with Crippen molar-refractivity contribution >= 4 is 18.1 Å². The molecule has 0 fully saturated rings. The van der Waals surface area contributed by atoms with Crippen LogP contribution in [0, 0.1) is 5.92 Å². The number of amides is 1. The monoisotopic (exact) mass is 256 g/mol. The fourth-order valence-corrected chi connectivity index (χ4v) is 1.58. The van der Waals surface area contributed by atoms with Crippen molar-refractivity contribution in [3.05, 3.63) is 0 Å². The second-order valence-corrected chi connectivity index (χ2v) is 4.71. The summed E-state index contributed by atoms with van der Waals surface area (Å²) >= 11 is 0. The number of carboxylic acid groups (broad SMARTS) is 1. The predicted molar refractivity (Wildman–Crippen MR) is 71.9 cm³/mol. The molecule has 0 heterocycles. The van der Waals surface area contributed by atoms with E-state index in [4.69, 9.17) is 5.11 Å². The molecule has 0 aromatic heterocycles. The Hall–Kier alpha value is -1.39. The second-order valence-electron chi connectivity index (χ2n) is 4.71. The third-order valence-corrected chi connectivity index (χ3v) is 2.43. The first-order valence-electron chi connectivity index (χ1n) is 6.44. The highest BCUT2D eigenvalue weighted by Gasteiger charge is 2.14. The molecule has 1 atom stereocenters. The van der Waals surface area contributed by atoms with E-state index in [1.54, 1.807) is 6.92 Å². The van der Waals surface area contributed by atoms with Crippen molar-refractivity contribution in [2.24, 2.45) is 10.9 Å². The smallest absolute Gasteiger partial charge is 0.328 e. The van der Waals surface area contributed by atoms with E-state index < -0.39 is 12.0 Å². The van der Waals surface area contributed by atoms with Gasteiger partial charge in [0.05, 0.1) is 0 Å². The van der Waals surface area contributed by atoms with Gasteiger partial charge >= 0.3 is 5.97 Å². The third-order valence-electron chi connectivity index (χ3n) is 2.43. The number of aliphatic carboxylic acids is 1. The number of carbonyl (C=O) groups is 2. The van der Waals surface area contributed by atoms with Gasteiger partial charge in [0.2, 0.25) is 5.91 Å². The van der Waals surface area contributed by atoms with Crippen LogP contribution in [0.2, 0.25) is 0 Å². The molecule has 0 rings (SSSR count). The van der Waals surface area contributed by atoms with Crippen LogP contribution in [0.15, 0.2) is 4.99 Å². The highest BCUT2D eigenvalue weighted by Crippen LogP contribution is 2.05. The van der Waals surface area contributed by atoms with Crippen molar-refractivity contribution in [2.75, 3.05) is 6.54 Å². The summed E-state index contributed by atoms with van der Waals surface area (Å²) in [5.41, 5.74) is 0. The topological polar surface area (TPSA) is 78.8 Å². The van der Waals surface area contributed by atoms with Crippen molar-refractivity contribution in [3.63, 3.8) is 0 Å². The Labute approximate surface area is 109 Å². The van der Waals surface area contributed by atoms with E-state index in [2.05, 4.69) is 10.3 Å². The fourth-order valence-electron chi connectivity index (χ4n) is 1.58. The van der Waals surface area contributed by atoms with Crippen LogP contribution in [-0.2, 0) is 9.59 Å². The van der Waals surface area contributed by atoms with Gasteiger partial charge in [0.25, 0.3) is 0 Å². The summed E-state index contributed by atoms with van der Waals surface area (Å²) in [7, 11) is 0. The van der Waals surface area contributed by atoms with Crippen LogP contribution in [0.25, 0.3) is 0 Å². The normalized spacial score (nSPS) is 12.9. The summed E-state index contributed by atoms with van der Waals surface area (Å²) in [6, 6.07) is -0.652. The molecule has 5 heteroatoms. The Kier molecular flexibility index (Phi) is 8.88. The largest absolute Gasteiger partial charge is 0.480 e. The minimum atomic E-state index is -0.892. The SMILES string of the molecule is CC=NC(CCCCNC(=O)CC(C)C)C(=O)O. The van der Waals surface area contributed by atoms with Gasteiger partial charge in [-0.2, -0.15) is 0 Å². The fraction of sp³-hybridized carbons (Fsp3) is 0.769. The number of aliphatic imine (C=N–C) groups is 1. The van der Waals surface area contributed by atoms with Gasteiger partial charge < -0.3 is 10.4 Å². The first kappa shape index (κ1) is 16.6. The van der Waals surface area contributed by atoms with Gasteiger partial charge in [0, 0.05) is 13.0 Å². The number of hydrogen-bond acceptors (Lipinski definition) is 3. The lowest BCUT2D eigenvalue weighted by Crippen LogP contribution is -2.26. The van der Waals surface area contributed by atoms with Gasteiger partial charge in [-0.3, -0.25) is 9.79 Å². The second kappa shape index (κ2) is 9.62. The van der Waals surface area contributed by atoms with Gasteiger partial charge in [-0.25, -0.2) is 4.79 Å². The molecule has 0 aliphatic carbocycles. The molecule has 0 aliphatic rings. The minimum absolute atomic E-state index is 0.0614. The van der Waals surface area contributed by atoms with Crippen molar-refractivity contribution in [1.82, 2.24) is 5.32 Å². The third kappa shape index (κ3) is 8.73. The van der Waals surface area contributed by atoms with Crippen LogP contribution in [0.1, 0.15) is 46.5 Å². The van der Waals surface area contributed by atoms with Crippen LogP contribution in [-0.4, -0.2) is 35.8 Å². The van der Waals surface area contributed by atoms with Crippen molar-refractivity contribution in [3.8, 4) is 0 Å². The zero-order valence-electron chi connectivity index (χ0n) is 11.5. The number of carboxylic acids is 1. The number of rotatable bonds is 9. The maximum absolute atomic E-state index is 11.3. The van der Waals surface area contributed by atoms with Gasteiger partial charge in [-0.05, 0) is 38.3 Å². The molecule has 0 saturated carbocycles. The van der Waals surface area contributed by atoms with E-state index in [0.717, 1.165) is 12.8 Å². The van der Waals surface area contributed by atoms with Crippen molar-refractivity contribution in [2.45, 2.75) is 52.5 Å². The van der Waals surface area contributed by atoms with Crippen LogP contribution < -0.4 is 5.32 Å². The molecule has 0 aliphatic heterocycles. The molecule has 0 radical (unpaired) electrons. The lowest BCUT2D eigenvalue weighted by atomic mass is 10.1.